The van der Waals surface area contributed by atoms with Crippen LogP contribution in [0.15, 0.2) is 23.2 Å². The second-order valence-electron chi connectivity index (χ2n) is 7.92. The molecule has 1 saturated heterocycles. The number of fused-ring (bicyclic) bond motifs is 1. The molecule has 3 heteroatoms. The molecule has 1 saturated carbocycles. The van der Waals surface area contributed by atoms with Gasteiger partial charge < -0.3 is 10.2 Å². The van der Waals surface area contributed by atoms with Crippen LogP contribution in [0.3, 0.4) is 0 Å². The summed E-state index contributed by atoms with van der Waals surface area (Å²) in [5.41, 5.74) is 2.88. The van der Waals surface area contributed by atoms with Gasteiger partial charge in [0.25, 0.3) is 0 Å². The monoisotopic (exact) mass is 304 g/mol. The summed E-state index contributed by atoms with van der Waals surface area (Å²) in [4.78, 5) is 2.68. The molecule has 22 heavy (non-hydrogen) atoms. The number of nitrogens with one attached hydrogen (secondary N) is 1. The number of nitrogens with zero attached hydrogens (tertiary/aromatic N) is 1. The van der Waals surface area contributed by atoms with Crippen molar-refractivity contribution in [2.24, 2.45) is 11.3 Å². The molecule has 2 heterocycles. The second kappa shape index (κ2) is 5.99. The number of rotatable bonds is 2. The maximum absolute atomic E-state index is 13.7. The third-order valence-corrected chi connectivity index (χ3v) is 6.51. The molecule has 4 rings (SSSR count). The second-order valence-corrected chi connectivity index (χ2v) is 7.92. The minimum Gasteiger partial charge on any atom is -0.387 e. The van der Waals surface area contributed by atoms with Crippen molar-refractivity contribution in [1.29, 1.82) is 0 Å². The number of hydrogen-bond donors (Lipinski definition) is 1. The summed E-state index contributed by atoms with van der Waals surface area (Å²) in [5, 5.41) is 3.59. The van der Waals surface area contributed by atoms with Crippen molar-refractivity contribution in [2.45, 2.75) is 57.8 Å². The zero-order valence-corrected chi connectivity index (χ0v) is 13.7. The van der Waals surface area contributed by atoms with Crippen LogP contribution in [0.25, 0.3) is 0 Å². The average Bonchev–Trinajstić information content (AvgIpc) is 2.89. The van der Waals surface area contributed by atoms with Crippen LogP contribution in [0.1, 0.15) is 57.8 Å². The van der Waals surface area contributed by atoms with Crippen LogP contribution in [0, 0.1) is 11.3 Å². The quantitative estimate of drug-likeness (QED) is 0.824. The smallest absolute Gasteiger partial charge is 0.101 e. The molecule has 0 aromatic rings. The Morgan fingerprint density at radius 3 is 2.68 bits per heavy atom. The van der Waals surface area contributed by atoms with Crippen molar-refractivity contribution in [3.8, 4) is 0 Å². The summed E-state index contributed by atoms with van der Waals surface area (Å²) in [7, 11) is 0. The molecule has 0 aromatic carbocycles. The van der Waals surface area contributed by atoms with Gasteiger partial charge in [-0.15, -0.1) is 0 Å². The lowest BCUT2D eigenvalue weighted by Gasteiger charge is -2.41. The van der Waals surface area contributed by atoms with Gasteiger partial charge in [0, 0.05) is 30.6 Å². The van der Waals surface area contributed by atoms with Gasteiger partial charge in [-0.05, 0) is 62.8 Å². The fourth-order valence-corrected chi connectivity index (χ4v) is 5.07. The highest BCUT2D eigenvalue weighted by Gasteiger charge is 2.43. The van der Waals surface area contributed by atoms with Crippen molar-refractivity contribution in [3.05, 3.63) is 23.2 Å². The van der Waals surface area contributed by atoms with Gasteiger partial charge in [-0.1, -0.05) is 19.3 Å². The number of piperidine rings is 1. The lowest BCUT2D eigenvalue weighted by molar-refractivity contribution is 0.115. The minimum absolute atomic E-state index is 0.0893. The summed E-state index contributed by atoms with van der Waals surface area (Å²) >= 11 is 0. The van der Waals surface area contributed by atoms with Gasteiger partial charge in [-0.25, -0.2) is 4.39 Å². The molecule has 2 fully saturated rings. The summed E-state index contributed by atoms with van der Waals surface area (Å²) in [5.74, 6) is 1.03. The van der Waals surface area contributed by atoms with Gasteiger partial charge in [-0.2, -0.15) is 0 Å². The van der Waals surface area contributed by atoms with Gasteiger partial charge in [0.15, 0.2) is 0 Å². The predicted molar refractivity (Wildman–Crippen MR) is 88.1 cm³/mol. The van der Waals surface area contributed by atoms with E-state index >= 15 is 0 Å². The summed E-state index contributed by atoms with van der Waals surface area (Å²) in [6.45, 7) is 4.74. The Morgan fingerprint density at radius 2 is 1.91 bits per heavy atom. The number of halogens is 1. The summed E-state index contributed by atoms with van der Waals surface area (Å²) < 4.78 is 13.7. The zero-order chi connectivity index (χ0) is 15.0. The van der Waals surface area contributed by atoms with E-state index in [9.17, 15) is 4.39 Å². The Kier molecular flexibility index (Phi) is 4.02. The number of likely N-dealkylation sites (tertiary alicyclic amines) is 1. The van der Waals surface area contributed by atoms with Gasteiger partial charge in [0.2, 0.25) is 0 Å². The maximum Gasteiger partial charge on any atom is 0.101 e. The van der Waals surface area contributed by atoms with Crippen LogP contribution in [-0.2, 0) is 0 Å². The first-order valence-corrected chi connectivity index (χ1v) is 9.31. The average molecular weight is 304 g/mol. The first kappa shape index (κ1) is 14.7. The maximum atomic E-state index is 13.7. The molecule has 2 nitrogen and oxygen atoms in total. The molecule has 1 N–H and O–H groups in total. The molecule has 0 amide bonds. The van der Waals surface area contributed by atoms with E-state index in [2.05, 4.69) is 10.2 Å². The Morgan fingerprint density at radius 1 is 1.14 bits per heavy atom. The van der Waals surface area contributed by atoms with Crippen LogP contribution in [-0.4, -0.2) is 31.1 Å². The molecule has 4 aliphatic rings. The molecule has 0 atom stereocenters. The van der Waals surface area contributed by atoms with Crippen LogP contribution in [0.5, 0.6) is 0 Å². The van der Waals surface area contributed by atoms with Gasteiger partial charge in [-0.3, -0.25) is 0 Å². The minimum atomic E-state index is 0.0893. The van der Waals surface area contributed by atoms with Crippen molar-refractivity contribution in [2.75, 3.05) is 26.2 Å². The van der Waals surface area contributed by atoms with E-state index < -0.39 is 0 Å². The van der Waals surface area contributed by atoms with E-state index in [-0.39, 0.29) is 11.2 Å². The van der Waals surface area contributed by atoms with Crippen molar-refractivity contribution >= 4 is 0 Å². The highest BCUT2D eigenvalue weighted by atomic mass is 19.1. The SMILES string of the molecule is FC1=CC2=C(CC1)NCC21CCN(CC2CCCCC2)CC1. The van der Waals surface area contributed by atoms with Gasteiger partial charge in [0.1, 0.15) is 5.83 Å². The molecule has 0 radical (unpaired) electrons. The molecule has 1 spiro atoms. The highest BCUT2D eigenvalue weighted by molar-refractivity contribution is 5.41. The normalized spacial score (nSPS) is 29.4. The molecule has 2 aliphatic heterocycles. The Labute approximate surface area is 133 Å². The molecule has 122 valence electrons. The Balaban J connectivity index is 1.38. The predicted octanol–water partition coefficient (Wildman–Crippen LogP) is 4.15. The van der Waals surface area contributed by atoms with Crippen LogP contribution in [0.4, 0.5) is 4.39 Å². The van der Waals surface area contributed by atoms with E-state index in [0.717, 1.165) is 18.9 Å². The van der Waals surface area contributed by atoms with Crippen molar-refractivity contribution in [3.63, 3.8) is 0 Å². The topological polar surface area (TPSA) is 15.3 Å². The van der Waals surface area contributed by atoms with E-state index in [0.29, 0.717) is 6.42 Å². The fourth-order valence-electron chi connectivity index (χ4n) is 5.07. The third kappa shape index (κ3) is 2.73. The highest BCUT2D eigenvalue weighted by Crippen LogP contribution is 2.47. The van der Waals surface area contributed by atoms with Crippen molar-refractivity contribution in [1.82, 2.24) is 10.2 Å². The van der Waals surface area contributed by atoms with Crippen LogP contribution in [0.2, 0.25) is 0 Å². The Hall–Kier alpha value is -0.830. The summed E-state index contributed by atoms with van der Waals surface area (Å²) in [6, 6.07) is 0. The van der Waals surface area contributed by atoms with E-state index in [4.69, 9.17) is 0 Å². The van der Waals surface area contributed by atoms with Gasteiger partial charge in [0.05, 0.1) is 0 Å². The molecular formula is C19H29FN2. The fraction of sp³-hybridized carbons (Fsp3) is 0.789. The first-order chi connectivity index (χ1) is 10.8. The van der Waals surface area contributed by atoms with Gasteiger partial charge >= 0.3 is 0 Å². The molecule has 0 aromatic heterocycles. The molecule has 2 aliphatic carbocycles. The Bertz CT molecular complexity index is 480. The van der Waals surface area contributed by atoms with E-state index in [1.54, 1.807) is 0 Å². The summed E-state index contributed by atoms with van der Waals surface area (Å²) in [6.07, 6.45) is 12.9. The lowest BCUT2D eigenvalue weighted by Crippen LogP contribution is -2.44. The molecule has 0 bridgehead atoms. The van der Waals surface area contributed by atoms with Crippen molar-refractivity contribution < 1.29 is 4.39 Å². The first-order valence-electron chi connectivity index (χ1n) is 9.31. The van der Waals surface area contributed by atoms with Crippen LogP contribution >= 0.6 is 0 Å². The largest absolute Gasteiger partial charge is 0.387 e. The zero-order valence-electron chi connectivity index (χ0n) is 13.7. The number of allylic oxidation sites excluding steroid dienone is 3. The van der Waals surface area contributed by atoms with Crippen LogP contribution < -0.4 is 5.32 Å². The lowest BCUT2D eigenvalue weighted by atomic mass is 9.72. The van der Waals surface area contributed by atoms with E-state index in [1.807, 2.05) is 6.08 Å². The molecule has 0 unspecified atom stereocenters. The standard InChI is InChI=1S/C19H29FN2/c20-16-6-7-18-17(12-16)19(14-21-18)8-10-22(11-9-19)13-15-4-2-1-3-5-15/h12,15,21H,1-11,13-14H2. The third-order valence-electron chi connectivity index (χ3n) is 6.51. The number of hydrogen-bond acceptors (Lipinski definition) is 2. The molecular weight excluding hydrogens is 275 g/mol. The van der Waals surface area contributed by atoms with E-state index in [1.165, 1.54) is 75.9 Å².